The fraction of sp³-hybridized carbons (Fsp3) is 0.276. The van der Waals surface area contributed by atoms with Crippen molar-refractivity contribution in [2.45, 2.75) is 49.7 Å². The van der Waals surface area contributed by atoms with E-state index in [0.717, 1.165) is 52.5 Å². The number of hydrogen-bond donors (Lipinski definition) is 0. The minimum atomic E-state index is -3.69. The van der Waals surface area contributed by atoms with Crippen molar-refractivity contribution in [3.05, 3.63) is 88.4 Å². The SMILES string of the molecule is CN(C1CCc2cc3cnc(Cl)cc3n2C1)S(=O)(=O)c1ccc(F)cc1.O=C1CCc2cc3cnc(Cl)cc3n2C1. The number of aromatic nitrogens is 4. The van der Waals surface area contributed by atoms with Crippen LogP contribution < -0.4 is 0 Å². The zero-order chi connectivity index (χ0) is 28.9. The Balaban J connectivity index is 0.000000170. The van der Waals surface area contributed by atoms with Crippen LogP contribution in [-0.4, -0.2) is 50.7 Å². The van der Waals surface area contributed by atoms with Crippen LogP contribution >= 0.6 is 23.2 Å². The second-order valence-electron chi connectivity index (χ2n) is 10.3. The number of likely N-dealkylation sites (N-methyl/N-ethyl adjacent to an activating group) is 1. The number of rotatable bonds is 3. The zero-order valence-electron chi connectivity index (χ0n) is 22.1. The number of sulfonamides is 1. The molecule has 212 valence electrons. The van der Waals surface area contributed by atoms with Crippen LogP contribution in [-0.2, 0) is 40.7 Å². The Hall–Kier alpha value is -3.31. The molecular formula is C29H26Cl2FN5O3S. The molecule has 1 unspecified atom stereocenters. The van der Waals surface area contributed by atoms with Gasteiger partial charge in [-0.25, -0.2) is 22.8 Å². The van der Waals surface area contributed by atoms with E-state index >= 15 is 0 Å². The quantitative estimate of drug-likeness (QED) is 0.245. The van der Waals surface area contributed by atoms with Crippen LogP contribution in [0.5, 0.6) is 0 Å². The first-order valence-corrected chi connectivity index (χ1v) is 15.3. The fourth-order valence-corrected chi connectivity index (χ4v) is 7.28. The summed E-state index contributed by atoms with van der Waals surface area (Å²) < 4.78 is 44.4. The lowest BCUT2D eigenvalue weighted by Gasteiger charge is -2.32. The molecule has 0 saturated heterocycles. The van der Waals surface area contributed by atoms with Crippen molar-refractivity contribution in [1.82, 2.24) is 23.4 Å². The molecule has 0 N–H and O–H groups in total. The lowest BCUT2D eigenvalue weighted by atomic mass is 10.1. The number of aryl methyl sites for hydroxylation is 2. The van der Waals surface area contributed by atoms with Crippen LogP contribution in [0.2, 0.25) is 10.3 Å². The van der Waals surface area contributed by atoms with Gasteiger partial charge in [-0.05, 0) is 67.8 Å². The van der Waals surface area contributed by atoms with E-state index in [0.29, 0.717) is 36.2 Å². The lowest BCUT2D eigenvalue weighted by Crippen LogP contribution is -2.42. The summed E-state index contributed by atoms with van der Waals surface area (Å²) in [6.07, 6.45) is 6.45. The van der Waals surface area contributed by atoms with E-state index in [1.54, 1.807) is 25.5 Å². The van der Waals surface area contributed by atoms with E-state index in [2.05, 4.69) is 26.7 Å². The van der Waals surface area contributed by atoms with Crippen LogP contribution in [0.4, 0.5) is 4.39 Å². The molecule has 0 saturated carbocycles. The number of benzene rings is 1. The van der Waals surface area contributed by atoms with Gasteiger partial charge in [0.2, 0.25) is 10.0 Å². The first-order chi connectivity index (χ1) is 19.6. The standard InChI is InChI=1S/C18H17ClFN3O2S.C11H9ClN2O/c1-22(26(24,25)16-6-2-13(20)3-7-16)15-5-4-14-8-12-10-21-18(19)9-17(12)23(14)11-15;12-11-4-10-7(5-13-11)3-8-1-2-9(15)6-14(8)10/h2-3,6-10,15H,4-5,11H2,1H3;3-5H,1-2,6H2. The largest absolute Gasteiger partial charge is 0.343 e. The number of fused-ring (bicyclic) bond motifs is 6. The molecule has 1 aromatic carbocycles. The molecule has 0 radical (unpaired) electrons. The van der Waals surface area contributed by atoms with Crippen LogP contribution in [0.3, 0.4) is 0 Å². The molecule has 0 aliphatic carbocycles. The predicted molar refractivity (Wildman–Crippen MR) is 156 cm³/mol. The third-order valence-corrected chi connectivity index (χ3v) is 10.1. The van der Waals surface area contributed by atoms with Gasteiger partial charge in [-0.15, -0.1) is 0 Å². The summed E-state index contributed by atoms with van der Waals surface area (Å²) in [5.41, 5.74) is 4.32. The smallest absolute Gasteiger partial charge is 0.243 e. The minimum absolute atomic E-state index is 0.0943. The number of pyridine rings is 2. The molecule has 8 nitrogen and oxygen atoms in total. The molecule has 0 amide bonds. The van der Waals surface area contributed by atoms with Crippen molar-refractivity contribution in [3.8, 4) is 0 Å². The van der Waals surface area contributed by atoms with Gasteiger partial charge in [0, 0.05) is 60.6 Å². The summed E-state index contributed by atoms with van der Waals surface area (Å²) in [4.78, 5) is 19.6. The predicted octanol–water partition coefficient (Wildman–Crippen LogP) is 5.67. The second-order valence-corrected chi connectivity index (χ2v) is 13.1. The van der Waals surface area contributed by atoms with E-state index in [1.165, 1.54) is 22.1 Å². The van der Waals surface area contributed by atoms with E-state index in [1.807, 2.05) is 10.6 Å². The average Bonchev–Trinajstić information content (AvgIpc) is 3.50. The van der Waals surface area contributed by atoms with Gasteiger partial charge in [0.05, 0.1) is 22.5 Å². The molecule has 7 rings (SSSR count). The Morgan fingerprint density at radius 2 is 1.46 bits per heavy atom. The maximum Gasteiger partial charge on any atom is 0.243 e. The number of Topliss-reactive ketones (excluding diaryl/α,β-unsaturated/α-hetero) is 1. The minimum Gasteiger partial charge on any atom is -0.343 e. The Bertz CT molecular complexity index is 1900. The fourth-order valence-electron chi connectivity index (χ4n) is 5.60. The van der Waals surface area contributed by atoms with Gasteiger partial charge in [-0.1, -0.05) is 23.2 Å². The molecule has 2 aliphatic rings. The van der Waals surface area contributed by atoms with Crippen molar-refractivity contribution >= 4 is 60.8 Å². The van der Waals surface area contributed by atoms with E-state index < -0.39 is 15.8 Å². The molecule has 0 bridgehead atoms. The first kappa shape index (κ1) is 27.8. The van der Waals surface area contributed by atoms with Crippen LogP contribution in [0.1, 0.15) is 24.2 Å². The van der Waals surface area contributed by atoms with Gasteiger partial charge in [0.15, 0.2) is 5.78 Å². The Kier molecular flexibility index (Phi) is 7.35. The van der Waals surface area contributed by atoms with Gasteiger partial charge < -0.3 is 9.13 Å². The molecule has 6 heterocycles. The highest BCUT2D eigenvalue weighted by Crippen LogP contribution is 2.30. The molecule has 12 heteroatoms. The Morgan fingerprint density at radius 1 is 0.878 bits per heavy atom. The summed E-state index contributed by atoms with van der Waals surface area (Å²) in [6.45, 7) is 1.01. The van der Waals surface area contributed by atoms with Gasteiger partial charge in [-0.2, -0.15) is 4.31 Å². The van der Waals surface area contributed by atoms with Gasteiger partial charge >= 0.3 is 0 Å². The van der Waals surface area contributed by atoms with Crippen molar-refractivity contribution < 1.29 is 17.6 Å². The van der Waals surface area contributed by atoms with Gasteiger partial charge in [-0.3, -0.25) is 4.79 Å². The lowest BCUT2D eigenvalue weighted by molar-refractivity contribution is -0.120. The molecular weight excluding hydrogens is 588 g/mol. The summed E-state index contributed by atoms with van der Waals surface area (Å²) in [6, 6.07) is 12.5. The molecule has 4 aromatic heterocycles. The summed E-state index contributed by atoms with van der Waals surface area (Å²) >= 11 is 11.9. The van der Waals surface area contributed by atoms with E-state index in [9.17, 15) is 17.6 Å². The molecule has 0 fully saturated rings. The summed E-state index contributed by atoms with van der Waals surface area (Å²) in [5, 5.41) is 2.94. The number of ketones is 1. The van der Waals surface area contributed by atoms with Crippen LogP contribution in [0.25, 0.3) is 21.8 Å². The van der Waals surface area contributed by atoms with Crippen molar-refractivity contribution in [3.63, 3.8) is 0 Å². The highest BCUT2D eigenvalue weighted by atomic mass is 35.5. The molecule has 1 atom stereocenters. The summed E-state index contributed by atoms with van der Waals surface area (Å²) in [7, 11) is -2.11. The van der Waals surface area contributed by atoms with Gasteiger partial charge in [0.1, 0.15) is 16.1 Å². The number of carbonyl (C=O) groups excluding carboxylic acids is 1. The number of hydrogen-bond acceptors (Lipinski definition) is 5. The molecule has 0 spiro atoms. The topological polar surface area (TPSA) is 90.1 Å². The third kappa shape index (κ3) is 5.37. The average molecular weight is 615 g/mol. The van der Waals surface area contributed by atoms with E-state index in [-0.39, 0.29) is 16.7 Å². The van der Waals surface area contributed by atoms with Crippen LogP contribution in [0.15, 0.2) is 65.8 Å². The highest BCUT2D eigenvalue weighted by molar-refractivity contribution is 7.89. The van der Waals surface area contributed by atoms with Crippen LogP contribution in [0, 0.1) is 5.82 Å². The van der Waals surface area contributed by atoms with E-state index in [4.69, 9.17) is 23.2 Å². The number of carbonyl (C=O) groups is 1. The second kappa shape index (κ2) is 10.8. The summed E-state index contributed by atoms with van der Waals surface area (Å²) in [5.74, 6) is -0.175. The number of halogens is 3. The van der Waals surface area contributed by atoms with Crippen molar-refractivity contribution in [1.29, 1.82) is 0 Å². The molecule has 41 heavy (non-hydrogen) atoms. The maximum absolute atomic E-state index is 13.1. The molecule has 2 aliphatic heterocycles. The maximum atomic E-state index is 13.1. The first-order valence-electron chi connectivity index (χ1n) is 13.1. The monoisotopic (exact) mass is 613 g/mol. The zero-order valence-corrected chi connectivity index (χ0v) is 24.4. The van der Waals surface area contributed by atoms with Gasteiger partial charge in [0.25, 0.3) is 0 Å². The highest BCUT2D eigenvalue weighted by Gasteiger charge is 2.31. The Labute approximate surface area is 246 Å². The van der Waals surface area contributed by atoms with Crippen molar-refractivity contribution in [2.24, 2.45) is 0 Å². The third-order valence-electron chi connectivity index (χ3n) is 7.80. The molecule has 5 aromatic rings. The Morgan fingerprint density at radius 3 is 2.10 bits per heavy atom. The number of nitrogens with zero attached hydrogens (tertiary/aromatic N) is 5. The van der Waals surface area contributed by atoms with Crippen molar-refractivity contribution in [2.75, 3.05) is 7.05 Å². The normalized spacial score (nSPS) is 16.9.